The standard InChI is InChI=1S/C10H11N5O3/c1-10(2,9(17)18)15-8(12-13-14-15)6-3-4-7(16)11-5-6/h3-5H,1-2H3,(H,11,16)(H,17,18). The molecule has 8 heteroatoms. The van der Waals surface area contributed by atoms with E-state index in [1.54, 1.807) is 0 Å². The Labute approximate surface area is 101 Å². The first-order chi connectivity index (χ1) is 8.43. The van der Waals surface area contributed by atoms with E-state index in [4.69, 9.17) is 5.11 Å². The van der Waals surface area contributed by atoms with Gasteiger partial charge in [0.15, 0.2) is 11.4 Å². The molecule has 0 aliphatic heterocycles. The van der Waals surface area contributed by atoms with Gasteiger partial charge in [-0.3, -0.25) is 4.79 Å². The number of hydrogen-bond donors (Lipinski definition) is 2. The van der Waals surface area contributed by atoms with Crippen LogP contribution in [0.5, 0.6) is 0 Å². The summed E-state index contributed by atoms with van der Waals surface area (Å²) in [5, 5.41) is 20.1. The highest BCUT2D eigenvalue weighted by atomic mass is 16.4. The molecule has 94 valence electrons. The third-order valence-corrected chi connectivity index (χ3v) is 2.56. The third-order valence-electron chi connectivity index (χ3n) is 2.56. The zero-order valence-corrected chi connectivity index (χ0v) is 9.78. The number of carbonyl (C=O) groups is 1. The highest BCUT2D eigenvalue weighted by Gasteiger charge is 2.33. The number of nitrogens with zero attached hydrogens (tertiary/aromatic N) is 4. The zero-order chi connectivity index (χ0) is 13.3. The van der Waals surface area contributed by atoms with Crippen molar-refractivity contribution in [3.8, 4) is 11.4 Å². The Hall–Kier alpha value is -2.51. The summed E-state index contributed by atoms with van der Waals surface area (Å²) < 4.78 is 1.20. The van der Waals surface area contributed by atoms with Crippen LogP contribution in [-0.4, -0.2) is 36.3 Å². The molecule has 0 amide bonds. The van der Waals surface area contributed by atoms with Gasteiger partial charge in [-0.05, 0) is 30.3 Å². The summed E-state index contributed by atoms with van der Waals surface area (Å²) in [5.41, 5.74) is -1.00. The maximum atomic E-state index is 11.2. The minimum atomic E-state index is -1.28. The molecule has 18 heavy (non-hydrogen) atoms. The van der Waals surface area contributed by atoms with Gasteiger partial charge in [-0.2, -0.15) is 0 Å². The van der Waals surface area contributed by atoms with Crippen molar-refractivity contribution in [3.63, 3.8) is 0 Å². The molecule has 0 atom stereocenters. The average Bonchev–Trinajstić information content (AvgIpc) is 2.79. The molecule has 0 aromatic carbocycles. The highest BCUT2D eigenvalue weighted by Crippen LogP contribution is 2.21. The molecule has 2 aromatic rings. The van der Waals surface area contributed by atoms with Crippen molar-refractivity contribution >= 4 is 5.97 Å². The van der Waals surface area contributed by atoms with E-state index in [1.165, 1.54) is 36.9 Å². The smallest absolute Gasteiger partial charge is 0.331 e. The van der Waals surface area contributed by atoms with Crippen LogP contribution < -0.4 is 5.56 Å². The Morgan fingerprint density at radius 3 is 2.72 bits per heavy atom. The van der Waals surface area contributed by atoms with E-state index >= 15 is 0 Å². The van der Waals surface area contributed by atoms with Crippen molar-refractivity contribution in [1.82, 2.24) is 25.2 Å². The number of aliphatic carboxylic acids is 1. The fraction of sp³-hybridized carbons (Fsp3) is 0.300. The van der Waals surface area contributed by atoms with Gasteiger partial charge in [-0.25, -0.2) is 9.48 Å². The molecule has 0 fully saturated rings. The number of carboxylic acid groups (broad SMARTS) is 1. The largest absolute Gasteiger partial charge is 0.479 e. The Balaban J connectivity index is 2.55. The maximum Gasteiger partial charge on any atom is 0.331 e. The van der Waals surface area contributed by atoms with Crippen LogP contribution >= 0.6 is 0 Å². The van der Waals surface area contributed by atoms with Gasteiger partial charge < -0.3 is 10.1 Å². The summed E-state index contributed by atoms with van der Waals surface area (Å²) in [5.74, 6) is -0.779. The number of hydrogen-bond acceptors (Lipinski definition) is 5. The first-order valence-electron chi connectivity index (χ1n) is 5.14. The minimum absolute atomic E-state index is 0.254. The topological polar surface area (TPSA) is 114 Å². The van der Waals surface area contributed by atoms with E-state index in [9.17, 15) is 9.59 Å². The van der Waals surface area contributed by atoms with Gasteiger partial charge in [0.05, 0.1) is 0 Å². The fourth-order valence-electron chi connectivity index (χ4n) is 1.38. The number of aromatic amines is 1. The van der Waals surface area contributed by atoms with Gasteiger partial charge in [0.1, 0.15) is 0 Å². The molecule has 0 saturated carbocycles. The minimum Gasteiger partial charge on any atom is -0.479 e. The molecule has 0 aliphatic rings. The van der Waals surface area contributed by atoms with Crippen LogP contribution in [-0.2, 0) is 10.3 Å². The molecule has 0 unspecified atom stereocenters. The number of pyridine rings is 1. The Bertz CT molecular complexity index is 622. The monoisotopic (exact) mass is 249 g/mol. The van der Waals surface area contributed by atoms with Crippen LogP contribution in [0, 0.1) is 0 Å². The second-order valence-corrected chi connectivity index (χ2v) is 4.22. The number of H-pyrrole nitrogens is 1. The van der Waals surface area contributed by atoms with Crippen LogP contribution in [0.2, 0.25) is 0 Å². The molecular weight excluding hydrogens is 238 g/mol. The van der Waals surface area contributed by atoms with E-state index in [2.05, 4.69) is 20.5 Å². The third kappa shape index (κ3) is 1.88. The summed E-state index contributed by atoms with van der Waals surface area (Å²) in [6.07, 6.45) is 1.43. The number of nitrogens with one attached hydrogen (secondary N) is 1. The molecule has 8 nitrogen and oxygen atoms in total. The van der Waals surface area contributed by atoms with E-state index < -0.39 is 11.5 Å². The van der Waals surface area contributed by atoms with Crippen molar-refractivity contribution in [2.24, 2.45) is 0 Å². The van der Waals surface area contributed by atoms with Crippen LogP contribution in [0.25, 0.3) is 11.4 Å². The highest BCUT2D eigenvalue weighted by molar-refractivity contribution is 5.76. The predicted octanol–water partition coefficient (Wildman–Crippen LogP) is -0.152. The lowest BCUT2D eigenvalue weighted by molar-refractivity contribution is -0.146. The second kappa shape index (κ2) is 4.06. The lowest BCUT2D eigenvalue weighted by atomic mass is 10.1. The zero-order valence-electron chi connectivity index (χ0n) is 9.78. The van der Waals surface area contributed by atoms with Crippen molar-refractivity contribution in [2.45, 2.75) is 19.4 Å². The van der Waals surface area contributed by atoms with Crippen molar-refractivity contribution in [1.29, 1.82) is 0 Å². The van der Waals surface area contributed by atoms with E-state index in [0.29, 0.717) is 5.56 Å². The van der Waals surface area contributed by atoms with Crippen molar-refractivity contribution in [3.05, 3.63) is 28.7 Å². The van der Waals surface area contributed by atoms with Gasteiger partial charge >= 0.3 is 5.97 Å². The maximum absolute atomic E-state index is 11.2. The van der Waals surface area contributed by atoms with Gasteiger partial charge in [-0.15, -0.1) is 5.10 Å². The molecule has 2 N–H and O–H groups in total. The van der Waals surface area contributed by atoms with Gasteiger partial charge in [0.25, 0.3) is 0 Å². The predicted molar refractivity (Wildman–Crippen MR) is 60.8 cm³/mol. The van der Waals surface area contributed by atoms with Gasteiger partial charge in [0, 0.05) is 17.8 Å². The molecular formula is C10H11N5O3. The van der Waals surface area contributed by atoms with E-state index in [-0.39, 0.29) is 11.4 Å². The number of aromatic nitrogens is 5. The first-order valence-corrected chi connectivity index (χ1v) is 5.14. The number of rotatable bonds is 3. The first kappa shape index (κ1) is 12.0. The lowest BCUT2D eigenvalue weighted by Gasteiger charge is -2.20. The Kier molecular flexibility index (Phi) is 2.70. The van der Waals surface area contributed by atoms with E-state index in [1.807, 2.05) is 0 Å². The normalized spacial score (nSPS) is 11.4. The summed E-state index contributed by atoms with van der Waals surface area (Å²) in [7, 11) is 0. The Morgan fingerprint density at radius 2 is 2.17 bits per heavy atom. The van der Waals surface area contributed by atoms with Crippen molar-refractivity contribution < 1.29 is 9.90 Å². The van der Waals surface area contributed by atoms with Crippen molar-refractivity contribution in [2.75, 3.05) is 0 Å². The summed E-state index contributed by atoms with van der Waals surface area (Å²) in [6.45, 7) is 2.97. The fourth-order valence-corrected chi connectivity index (χ4v) is 1.38. The van der Waals surface area contributed by atoms with Crippen LogP contribution in [0.15, 0.2) is 23.1 Å². The quantitative estimate of drug-likeness (QED) is 0.781. The van der Waals surface area contributed by atoms with Crippen LogP contribution in [0.3, 0.4) is 0 Å². The SMILES string of the molecule is CC(C)(C(=O)O)n1nnnc1-c1ccc(=O)[nH]c1. The molecule has 2 aromatic heterocycles. The molecule has 0 aliphatic carbocycles. The summed E-state index contributed by atoms with van der Waals surface area (Å²) in [4.78, 5) is 24.6. The number of tetrazole rings is 1. The second-order valence-electron chi connectivity index (χ2n) is 4.22. The molecule has 0 bridgehead atoms. The summed E-state index contributed by atoms with van der Waals surface area (Å²) in [6, 6.07) is 2.85. The summed E-state index contributed by atoms with van der Waals surface area (Å²) >= 11 is 0. The van der Waals surface area contributed by atoms with Gasteiger partial charge in [-0.1, -0.05) is 0 Å². The van der Waals surface area contributed by atoms with Gasteiger partial charge in [0.2, 0.25) is 5.56 Å². The van der Waals surface area contributed by atoms with Crippen LogP contribution in [0.1, 0.15) is 13.8 Å². The molecule has 2 heterocycles. The average molecular weight is 249 g/mol. The number of carboxylic acids is 1. The molecule has 0 spiro atoms. The molecule has 0 saturated heterocycles. The van der Waals surface area contributed by atoms with Crippen LogP contribution in [0.4, 0.5) is 0 Å². The molecule has 0 radical (unpaired) electrons. The van der Waals surface area contributed by atoms with E-state index in [0.717, 1.165) is 0 Å². The lowest BCUT2D eigenvalue weighted by Crippen LogP contribution is -2.37. The Morgan fingerprint density at radius 1 is 1.44 bits per heavy atom. The molecule has 2 rings (SSSR count).